The molecule has 1 saturated carbocycles. The van der Waals surface area contributed by atoms with E-state index in [4.69, 9.17) is 0 Å². The summed E-state index contributed by atoms with van der Waals surface area (Å²) >= 11 is 2.10. The number of hydrogen-bond acceptors (Lipinski definition) is 3. The van der Waals surface area contributed by atoms with Crippen LogP contribution in [0, 0.1) is 0 Å². The molecule has 1 aliphatic heterocycles. The quantitative estimate of drug-likeness (QED) is 0.753. The number of likely N-dealkylation sites (tertiary alicyclic amines) is 1. The molecule has 20 heavy (non-hydrogen) atoms. The Morgan fingerprint density at radius 3 is 2.45 bits per heavy atom. The van der Waals surface area contributed by atoms with Crippen molar-refractivity contribution in [2.75, 3.05) is 32.4 Å². The number of nitrogens with zero attached hydrogens (tertiary/aromatic N) is 1. The standard InChI is InChI=1S/C17H32N2S/c1-15(2)6-11-19-12-7-16(8-13-19)18-14-17(20-3)9-4-5-10-17/h6,16,18H,4-5,7-14H2,1-3H3. The van der Waals surface area contributed by atoms with Crippen molar-refractivity contribution in [2.24, 2.45) is 0 Å². The van der Waals surface area contributed by atoms with E-state index in [0.29, 0.717) is 4.75 Å². The van der Waals surface area contributed by atoms with Crippen LogP contribution in [0.25, 0.3) is 0 Å². The van der Waals surface area contributed by atoms with Crippen molar-refractivity contribution in [3.63, 3.8) is 0 Å². The van der Waals surface area contributed by atoms with Gasteiger partial charge in [0.2, 0.25) is 0 Å². The summed E-state index contributed by atoms with van der Waals surface area (Å²) in [5, 5.41) is 3.88. The second-order valence-electron chi connectivity index (χ2n) is 6.83. The first-order valence-electron chi connectivity index (χ1n) is 8.28. The Labute approximate surface area is 129 Å². The molecule has 0 aromatic heterocycles. The summed E-state index contributed by atoms with van der Waals surface area (Å²) in [6, 6.07) is 0.752. The van der Waals surface area contributed by atoms with Gasteiger partial charge in [-0.05, 0) is 58.9 Å². The molecule has 0 amide bonds. The first-order chi connectivity index (χ1) is 9.63. The SMILES string of the molecule is CSC1(CNC2CCN(CC=C(C)C)CC2)CCCC1. The summed E-state index contributed by atoms with van der Waals surface area (Å²) in [6.45, 7) is 9.27. The average Bonchev–Trinajstić information content (AvgIpc) is 2.93. The maximum Gasteiger partial charge on any atom is 0.0281 e. The molecular weight excluding hydrogens is 264 g/mol. The molecule has 2 rings (SSSR count). The van der Waals surface area contributed by atoms with Crippen LogP contribution in [-0.2, 0) is 0 Å². The average molecular weight is 297 g/mol. The largest absolute Gasteiger partial charge is 0.313 e. The van der Waals surface area contributed by atoms with E-state index in [9.17, 15) is 0 Å². The molecule has 2 fully saturated rings. The van der Waals surface area contributed by atoms with Crippen LogP contribution in [0.4, 0.5) is 0 Å². The topological polar surface area (TPSA) is 15.3 Å². The molecule has 0 aromatic rings. The van der Waals surface area contributed by atoms with Gasteiger partial charge in [0.25, 0.3) is 0 Å². The summed E-state index contributed by atoms with van der Waals surface area (Å²) < 4.78 is 0.555. The van der Waals surface area contributed by atoms with Gasteiger partial charge in [-0.15, -0.1) is 0 Å². The fourth-order valence-corrected chi connectivity index (χ4v) is 4.36. The molecule has 116 valence electrons. The normalized spacial score (nSPS) is 23.9. The van der Waals surface area contributed by atoms with Gasteiger partial charge < -0.3 is 5.32 Å². The zero-order valence-corrected chi connectivity index (χ0v) is 14.4. The second-order valence-corrected chi connectivity index (χ2v) is 8.11. The minimum atomic E-state index is 0.555. The van der Waals surface area contributed by atoms with Gasteiger partial charge in [-0.2, -0.15) is 11.8 Å². The number of piperidine rings is 1. The van der Waals surface area contributed by atoms with E-state index in [1.807, 2.05) is 0 Å². The van der Waals surface area contributed by atoms with E-state index < -0.39 is 0 Å². The molecule has 0 unspecified atom stereocenters. The van der Waals surface area contributed by atoms with Crippen LogP contribution in [0.5, 0.6) is 0 Å². The van der Waals surface area contributed by atoms with Crippen LogP contribution < -0.4 is 5.32 Å². The minimum Gasteiger partial charge on any atom is -0.313 e. The van der Waals surface area contributed by atoms with Gasteiger partial charge in [0, 0.05) is 23.9 Å². The third kappa shape index (κ3) is 4.78. The Kier molecular flexibility index (Phi) is 6.44. The zero-order chi connectivity index (χ0) is 14.4. The first kappa shape index (κ1) is 16.4. The number of allylic oxidation sites excluding steroid dienone is 1. The molecule has 0 radical (unpaired) electrons. The predicted octanol–water partition coefficient (Wildman–Crippen LogP) is 3.68. The summed E-state index contributed by atoms with van der Waals surface area (Å²) in [6.07, 6.45) is 13.0. The third-order valence-electron chi connectivity index (χ3n) is 5.01. The van der Waals surface area contributed by atoms with Crippen molar-refractivity contribution >= 4 is 11.8 Å². The number of thioether (sulfide) groups is 1. The molecular formula is C17H32N2S. The molecule has 0 spiro atoms. The summed E-state index contributed by atoms with van der Waals surface area (Å²) in [5.41, 5.74) is 1.44. The van der Waals surface area contributed by atoms with Crippen molar-refractivity contribution in [3.05, 3.63) is 11.6 Å². The molecule has 0 bridgehead atoms. The van der Waals surface area contributed by atoms with Crippen LogP contribution in [-0.4, -0.2) is 48.1 Å². The lowest BCUT2D eigenvalue weighted by Gasteiger charge is -2.35. The van der Waals surface area contributed by atoms with Crippen molar-refractivity contribution in [1.82, 2.24) is 10.2 Å². The lowest BCUT2D eigenvalue weighted by molar-refractivity contribution is 0.212. The van der Waals surface area contributed by atoms with Crippen molar-refractivity contribution in [2.45, 2.75) is 63.2 Å². The lowest BCUT2D eigenvalue weighted by atomic mass is 10.0. The van der Waals surface area contributed by atoms with Crippen LogP contribution >= 0.6 is 11.8 Å². The molecule has 0 aromatic carbocycles. The molecule has 1 N–H and O–H groups in total. The monoisotopic (exact) mass is 296 g/mol. The Balaban J connectivity index is 1.68. The number of hydrogen-bond donors (Lipinski definition) is 1. The third-order valence-corrected chi connectivity index (χ3v) is 6.42. The van der Waals surface area contributed by atoms with E-state index >= 15 is 0 Å². The number of nitrogens with one attached hydrogen (secondary N) is 1. The van der Waals surface area contributed by atoms with Crippen molar-refractivity contribution in [3.8, 4) is 0 Å². The van der Waals surface area contributed by atoms with Gasteiger partial charge >= 0.3 is 0 Å². The van der Waals surface area contributed by atoms with Gasteiger partial charge in [-0.25, -0.2) is 0 Å². The van der Waals surface area contributed by atoms with Crippen LogP contribution in [0.15, 0.2) is 11.6 Å². The highest BCUT2D eigenvalue weighted by molar-refractivity contribution is 8.00. The fourth-order valence-electron chi connectivity index (χ4n) is 3.43. The van der Waals surface area contributed by atoms with Crippen molar-refractivity contribution in [1.29, 1.82) is 0 Å². The van der Waals surface area contributed by atoms with E-state index in [-0.39, 0.29) is 0 Å². The molecule has 1 saturated heterocycles. The fraction of sp³-hybridized carbons (Fsp3) is 0.882. The predicted molar refractivity (Wildman–Crippen MR) is 91.6 cm³/mol. The molecule has 1 heterocycles. The molecule has 2 aliphatic rings. The molecule has 1 aliphatic carbocycles. The van der Waals surface area contributed by atoms with E-state index in [0.717, 1.165) is 12.6 Å². The molecule has 2 nitrogen and oxygen atoms in total. The Morgan fingerprint density at radius 1 is 1.25 bits per heavy atom. The summed E-state index contributed by atoms with van der Waals surface area (Å²) in [4.78, 5) is 2.59. The van der Waals surface area contributed by atoms with Gasteiger partial charge in [0.15, 0.2) is 0 Å². The van der Waals surface area contributed by atoms with Gasteiger partial charge in [0.05, 0.1) is 0 Å². The smallest absolute Gasteiger partial charge is 0.0281 e. The van der Waals surface area contributed by atoms with E-state index in [1.54, 1.807) is 0 Å². The van der Waals surface area contributed by atoms with E-state index in [1.165, 1.54) is 63.7 Å². The van der Waals surface area contributed by atoms with Crippen LogP contribution in [0.1, 0.15) is 52.4 Å². The summed E-state index contributed by atoms with van der Waals surface area (Å²) in [5.74, 6) is 0. The second kappa shape index (κ2) is 7.86. The van der Waals surface area contributed by atoms with Crippen LogP contribution in [0.3, 0.4) is 0 Å². The zero-order valence-electron chi connectivity index (χ0n) is 13.6. The molecule has 3 heteroatoms. The highest BCUT2D eigenvalue weighted by Crippen LogP contribution is 2.39. The number of rotatable bonds is 6. The van der Waals surface area contributed by atoms with Gasteiger partial charge in [-0.3, -0.25) is 4.90 Å². The maximum absolute atomic E-state index is 3.88. The highest BCUT2D eigenvalue weighted by atomic mass is 32.2. The van der Waals surface area contributed by atoms with Crippen LogP contribution in [0.2, 0.25) is 0 Å². The van der Waals surface area contributed by atoms with Gasteiger partial charge in [-0.1, -0.05) is 24.5 Å². The molecule has 0 atom stereocenters. The van der Waals surface area contributed by atoms with Gasteiger partial charge in [0.1, 0.15) is 0 Å². The Bertz CT molecular complexity index is 309. The highest BCUT2D eigenvalue weighted by Gasteiger charge is 2.33. The summed E-state index contributed by atoms with van der Waals surface area (Å²) in [7, 11) is 0. The lowest BCUT2D eigenvalue weighted by Crippen LogP contribution is -2.46. The van der Waals surface area contributed by atoms with E-state index in [2.05, 4.69) is 48.2 Å². The van der Waals surface area contributed by atoms with Crippen molar-refractivity contribution < 1.29 is 0 Å². The first-order valence-corrected chi connectivity index (χ1v) is 9.50. The Hall–Kier alpha value is 0.0100. The Morgan fingerprint density at radius 2 is 1.90 bits per heavy atom. The minimum absolute atomic E-state index is 0.555. The maximum atomic E-state index is 3.88.